The Morgan fingerprint density at radius 1 is 1.24 bits per heavy atom. The fraction of sp³-hybridized carbons (Fsp3) is 0.167. The molecule has 0 fully saturated rings. The van der Waals surface area contributed by atoms with Crippen LogP contribution in [0, 0.1) is 5.21 Å². The van der Waals surface area contributed by atoms with E-state index >= 15 is 0 Å². The van der Waals surface area contributed by atoms with Crippen molar-refractivity contribution in [3.05, 3.63) is 59.5 Å². The molecule has 0 saturated heterocycles. The first-order valence-electron chi connectivity index (χ1n) is 5.08. The molecule has 3 nitrogen and oxygen atoms in total. The molecule has 0 saturated carbocycles. The van der Waals surface area contributed by atoms with E-state index in [9.17, 15) is 5.21 Å². The number of allylic oxidation sites excluding steroid dienone is 3. The number of benzene rings is 1. The lowest BCUT2D eigenvalue weighted by molar-refractivity contribution is -0.468. The summed E-state index contributed by atoms with van der Waals surface area (Å²) in [5.41, 5.74) is 1.04. The molecule has 0 aliphatic heterocycles. The Balaban J connectivity index is 2.18. The lowest BCUT2D eigenvalue weighted by Gasteiger charge is -2.15. The number of hydrogen-bond donors (Lipinski definition) is 0. The lowest BCUT2D eigenvalue weighted by Crippen LogP contribution is -2.13. The Hall–Kier alpha value is -1.32. The van der Waals surface area contributed by atoms with Crippen LogP contribution in [0.5, 0.6) is 0 Å². The maximum atomic E-state index is 11.7. The van der Waals surface area contributed by atoms with Crippen molar-refractivity contribution in [1.29, 1.82) is 0 Å². The van der Waals surface area contributed by atoms with E-state index in [0.29, 0.717) is 22.7 Å². The van der Waals surface area contributed by atoms with Crippen LogP contribution >= 0.6 is 23.2 Å². The van der Waals surface area contributed by atoms with Crippen molar-refractivity contribution >= 4 is 28.9 Å². The molecule has 0 unspecified atom stereocenters. The van der Waals surface area contributed by atoms with Crippen molar-refractivity contribution in [1.82, 2.24) is 0 Å². The van der Waals surface area contributed by atoms with Gasteiger partial charge in [0.05, 0.1) is 0 Å². The number of alkyl halides is 2. The minimum Gasteiger partial charge on any atom is -0.594 e. The highest BCUT2D eigenvalue weighted by Crippen LogP contribution is 2.32. The number of nitrogens with zero attached hydrogens (tertiary/aromatic N) is 2. The number of azo groups is 1. The third kappa shape index (κ3) is 3.32. The minimum absolute atomic E-state index is 0.394. The molecule has 0 amide bonds. The van der Waals surface area contributed by atoms with Crippen LogP contribution in [0.15, 0.2) is 59.4 Å². The first-order valence-corrected chi connectivity index (χ1v) is 5.84. The van der Waals surface area contributed by atoms with E-state index in [1.54, 1.807) is 30.4 Å². The minimum atomic E-state index is -0.920. The predicted octanol–water partition coefficient (Wildman–Crippen LogP) is 4.30. The molecule has 0 N–H and O–H groups in total. The standard InChI is InChI=1S/C12H10Cl2N2O/c13-12(14)8-6-11(7-9-12)16(17)15-10-4-2-1-3-5-10/h1-8H,9H2. The third-order valence-corrected chi connectivity index (χ3v) is 2.83. The van der Waals surface area contributed by atoms with Crippen molar-refractivity contribution in [3.63, 3.8) is 0 Å². The molecular weight excluding hydrogens is 259 g/mol. The Morgan fingerprint density at radius 2 is 1.94 bits per heavy atom. The second-order valence-electron chi connectivity index (χ2n) is 3.64. The van der Waals surface area contributed by atoms with Gasteiger partial charge in [0.25, 0.3) is 0 Å². The maximum absolute atomic E-state index is 11.7. The molecule has 0 heterocycles. The third-order valence-electron chi connectivity index (χ3n) is 2.26. The Morgan fingerprint density at radius 3 is 2.53 bits per heavy atom. The van der Waals surface area contributed by atoms with Crippen molar-refractivity contribution in [2.24, 2.45) is 5.11 Å². The zero-order valence-corrected chi connectivity index (χ0v) is 10.4. The molecule has 5 heteroatoms. The summed E-state index contributed by atoms with van der Waals surface area (Å²) in [5.74, 6) is 0. The van der Waals surface area contributed by atoms with Gasteiger partial charge in [-0.05, 0) is 24.3 Å². The smallest absolute Gasteiger partial charge is 0.240 e. The highest BCUT2D eigenvalue weighted by molar-refractivity contribution is 6.50. The van der Waals surface area contributed by atoms with Crippen LogP contribution in [0.4, 0.5) is 5.69 Å². The zero-order valence-electron chi connectivity index (χ0n) is 8.88. The molecule has 2 rings (SSSR count). The molecule has 88 valence electrons. The first-order chi connectivity index (χ1) is 8.07. The Labute approximate surface area is 109 Å². The maximum Gasteiger partial charge on any atom is 0.240 e. The Kier molecular flexibility index (Phi) is 3.50. The quantitative estimate of drug-likeness (QED) is 0.341. The lowest BCUT2D eigenvalue weighted by atomic mass is 10.1. The first kappa shape index (κ1) is 12.1. The summed E-state index contributed by atoms with van der Waals surface area (Å²) in [5, 5.41) is 15.6. The summed E-state index contributed by atoms with van der Waals surface area (Å²) < 4.78 is -0.920. The molecule has 0 atom stereocenters. The molecular formula is C12H10Cl2N2O. The highest BCUT2D eigenvalue weighted by atomic mass is 35.5. The summed E-state index contributed by atoms with van der Waals surface area (Å²) >= 11 is 11.8. The van der Waals surface area contributed by atoms with Gasteiger partial charge in [0.2, 0.25) is 5.70 Å². The van der Waals surface area contributed by atoms with Crippen molar-refractivity contribution in [2.75, 3.05) is 0 Å². The van der Waals surface area contributed by atoms with Crippen LogP contribution in [-0.2, 0) is 0 Å². The van der Waals surface area contributed by atoms with Gasteiger partial charge in [0.15, 0.2) is 0 Å². The fourth-order valence-corrected chi connectivity index (χ4v) is 1.66. The van der Waals surface area contributed by atoms with Crippen LogP contribution in [-0.4, -0.2) is 9.19 Å². The van der Waals surface area contributed by atoms with Gasteiger partial charge in [0.1, 0.15) is 10.0 Å². The van der Waals surface area contributed by atoms with Crippen LogP contribution in [0.3, 0.4) is 0 Å². The number of hydroxylamine groups is 1. The average Bonchev–Trinajstić information content (AvgIpc) is 2.30. The van der Waals surface area contributed by atoms with Gasteiger partial charge in [-0.25, -0.2) is 0 Å². The normalized spacial score (nSPS) is 18.9. The topological polar surface area (TPSA) is 38.4 Å². The molecule has 1 aromatic carbocycles. The highest BCUT2D eigenvalue weighted by Gasteiger charge is 2.24. The second-order valence-corrected chi connectivity index (χ2v) is 5.18. The summed E-state index contributed by atoms with van der Waals surface area (Å²) in [6, 6.07) is 9.01. The van der Waals surface area contributed by atoms with Gasteiger partial charge in [-0.15, -0.1) is 0 Å². The van der Waals surface area contributed by atoms with Gasteiger partial charge >= 0.3 is 0 Å². The summed E-state index contributed by atoms with van der Waals surface area (Å²) in [6.07, 6.45) is 5.21. The summed E-state index contributed by atoms with van der Waals surface area (Å²) in [4.78, 5) is 0.564. The SMILES string of the molecule is [O-][N+](=Nc1ccccc1)C1=CCC(Cl)(Cl)C=C1. The molecule has 17 heavy (non-hydrogen) atoms. The fourth-order valence-electron chi connectivity index (χ4n) is 1.38. The van der Waals surface area contributed by atoms with Crippen molar-refractivity contribution in [2.45, 2.75) is 10.8 Å². The molecule has 1 aliphatic rings. The number of hydrogen-bond acceptors (Lipinski definition) is 2. The summed E-state index contributed by atoms with van der Waals surface area (Å²) in [7, 11) is 0. The largest absolute Gasteiger partial charge is 0.594 e. The van der Waals surface area contributed by atoms with Gasteiger partial charge in [0, 0.05) is 17.6 Å². The van der Waals surface area contributed by atoms with E-state index in [4.69, 9.17) is 23.2 Å². The van der Waals surface area contributed by atoms with E-state index in [1.165, 1.54) is 0 Å². The Bertz CT molecular complexity index is 492. The van der Waals surface area contributed by atoms with Crippen LogP contribution in [0.1, 0.15) is 6.42 Å². The van der Waals surface area contributed by atoms with Crippen molar-refractivity contribution < 1.29 is 4.86 Å². The van der Waals surface area contributed by atoms with Gasteiger partial charge in [-0.2, -0.15) is 0 Å². The molecule has 0 aromatic heterocycles. The van der Waals surface area contributed by atoms with Crippen LogP contribution < -0.4 is 0 Å². The van der Waals surface area contributed by atoms with Gasteiger partial charge in [-0.3, -0.25) is 0 Å². The molecule has 1 aliphatic carbocycles. The number of halogens is 2. The second kappa shape index (κ2) is 4.90. The zero-order chi connectivity index (χ0) is 12.3. The van der Waals surface area contributed by atoms with E-state index in [0.717, 1.165) is 0 Å². The van der Waals surface area contributed by atoms with E-state index in [-0.39, 0.29) is 0 Å². The summed E-state index contributed by atoms with van der Waals surface area (Å²) in [6.45, 7) is 0. The average molecular weight is 269 g/mol. The van der Waals surface area contributed by atoms with Crippen LogP contribution in [0.25, 0.3) is 0 Å². The predicted molar refractivity (Wildman–Crippen MR) is 68.4 cm³/mol. The van der Waals surface area contributed by atoms with E-state index in [1.807, 2.05) is 18.2 Å². The van der Waals surface area contributed by atoms with Crippen molar-refractivity contribution in [3.8, 4) is 0 Å². The molecule has 1 aromatic rings. The van der Waals surface area contributed by atoms with Gasteiger partial charge < -0.3 is 5.21 Å². The van der Waals surface area contributed by atoms with E-state index in [2.05, 4.69) is 5.11 Å². The van der Waals surface area contributed by atoms with Crippen LogP contribution in [0.2, 0.25) is 0 Å². The monoisotopic (exact) mass is 268 g/mol. The van der Waals surface area contributed by atoms with Gasteiger partial charge in [-0.1, -0.05) is 46.3 Å². The molecule has 0 bridgehead atoms. The van der Waals surface area contributed by atoms with E-state index < -0.39 is 4.33 Å². The number of rotatable bonds is 2. The molecule has 0 radical (unpaired) electrons. The molecule has 0 spiro atoms.